The first-order valence-corrected chi connectivity index (χ1v) is 7.78. The maximum atomic E-state index is 13.0. The van der Waals surface area contributed by atoms with Crippen molar-refractivity contribution >= 4 is 22.7 Å². The maximum absolute atomic E-state index is 13.0. The quantitative estimate of drug-likeness (QED) is 0.637. The minimum absolute atomic E-state index is 0.0933. The second-order valence-corrected chi connectivity index (χ2v) is 5.78. The number of rotatable bonds is 6. The standard InChI is InChI=1S/C18H17FN4O2/c19-14-6-4-11(5-7-14)8-13(17(20)24)9-21-18(25)15-3-1-2-12-10-22-23-16(12)15/h1-7,10,13H,8-9H2,(H2,20,24)(H,21,25)(H,22,23)/t13-/m1/s1. The molecule has 0 aliphatic heterocycles. The van der Waals surface area contributed by atoms with E-state index in [4.69, 9.17) is 5.73 Å². The van der Waals surface area contributed by atoms with Crippen molar-refractivity contribution in [2.24, 2.45) is 11.7 Å². The summed E-state index contributed by atoms with van der Waals surface area (Å²) in [6, 6.07) is 11.1. The Morgan fingerprint density at radius 3 is 2.68 bits per heavy atom. The van der Waals surface area contributed by atoms with Crippen LogP contribution in [0.1, 0.15) is 15.9 Å². The van der Waals surface area contributed by atoms with E-state index in [-0.39, 0.29) is 18.3 Å². The molecule has 0 bridgehead atoms. The van der Waals surface area contributed by atoms with Gasteiger partial charge in [0.25, 0.3) is 5.91 Å². The number of primary amides is 1. The molecule has 0 aliphatic carbocycles. The van der Waals surface area contributed by atoms with E-state index in [1.165, 1.54) is 12.1 Å². The van der Waals surface area contributed by atoms with Gasteiger partial charge in [-0.25, -0.2) is 4.39 Å². The molecule has 1 heterocycles. The lowest BCUT2D eigenvalue weighted by Gasteiger charge is -2.15. The highest BCUT2D eigenvalue weighted by molar-refractivity contribution is 6.05. The van der Waals surface area contributed by atoms with Crippen LogP contribution in [0.25, 0.3) is 10.9 Å². The monoisotopic (exact) mass is 340 g/mol. The van der Waals surface area contributed by atoms with Crippen LogP contribution in [0.2, 0.25) is 0 Å². The van der Waals surface area contributed by atoms with Gasteiger partial charge >= 0.3 is 0 Å². The summed E-state index contributed by atoms with van der Waals surface area (Å²) in [6.45, 7) is 0.0933. The predicted octanol–water partition coefficient (Wildman–Crippen LogP) is 1.78. The van der Waals surface area contributed by atoms with Gasteiger partial charge < -0.3 is 11.1 Å². The van der Waals surface area contributed by atoms with Gasteiger partial charge in [-0.3, -0.25) is 14.7 Å². The fourth-order valence-electron chi connectivity index (χ4n) is 2.65. The number of amides is 2. The van der Waals surface area contributed by atoms with E-state index in [0.717, 1.165) is 10.9 Å². The van der Waals surface area contributed by atoms with Gasteiger partial charge in [-0.15, -0.1) is 0 Å². The molecule has 6 nitrogen and oxygen atoms in total. The van der Waals surface area contributed by atoms with Crippen molar-refractivity contribution < 1.29 is 14.0 Å². The summed E-state index contributed by atoms with van der Waals surface area (Å²) in [6.07, 6.45) is 1.96. The van der Waals surface area contributed by atoms with Crippen molar-refractivity contribution in [3.05, 3.63) is 65.6 Å². The van der Waals surface area contributed by atoms with Crippen LogP contribution in [0.15, 0.2) is 48.7 Å². The maximum Gasteiger partial charge on any atom is 0.253 e. The third-order valence-electron chi connectivity index (χ3n) is 4.03. The van der Waals surface area contributed by atoms with Gasteiger partial charge in [-0.2, -0.15) is 5.10 Å². The molecule has 1 aromatic heterocycles. The van der Waals surface area contributed by atoms with E-state index in [1.54, 1.807) is 30.5 Å². The fourth-order valence-corrected chi connectivity index (χ4v) is 2.65. The zero-order valence-electron chi connectivity index (χ0n) is 13.3. The largest absolute Gasteiger partial charge is 0.369 e. The van der Waals surface area contributed by atoms with Crippen LogP contribution in [-0.2, 0) is 11.2 Å². The first kappa shape index (κ1) is 16.6. The van der Waals surface area contributed by atoms with Crippen LogP contribution < -0.4 is 11.1 Å². The van der Waals surface area contributed by atoms with E-state index in [1.807, 2.05) is 6.07 Å². The smallest absolute Gasteiger partial charge is 0.253 e. The Bertz CT molecular complexity index is 905. The number of aromatic nitrogens is 2. The molecule has 0 unspecified atom stereocenters. The summed E-state index contributed by atoms with van der Waals surface area (Å²) < 4.78 is 13.0. The van der Waals surface area contributed by atoms with Gasteiger partial charge in [-0.05, 0) is 30.2 Å². The molecule has 0 saturated carbocycles. The molecule has 25 heavy (non-hydrogen) atoms. The average Bonchev–Trinajstić information content (AvgIpc) is 3.08. The molecular weight excluding hydrogens is 323 g/mol. The van der Waals surface area contributed by atoms with E-state index < -0.39 is 11.8 Å². The van der Waals surface area contributed by atoms with Gasteiger partial charge in [0.1, 0.15) is 5.82 Å². The number of carbonyl (C=O) groups is 2. The highest BCUT2D eigenvalue weighted by Gasteiger charge is 2.19. The molecule has 7 heteroatoms. The van der Waals surface area contributed by atoms with Gasteiger partial charge in [0.2, 0.25) is 5.91 Å². The number of para-hydroxylation sites is 1. The molecule has 0 saturated heterocycles. The highest BCUT2D eigenvalue weighted by atomic mass is 19.1. The zero-order valence-corrected chi connectivity index (χ0v) is 13.3. The Kier molecular flexibility index (Phi) is 4.74. The van der Waals surface area contributed by atoms with Crippen LogP contribution >= 0.6 is 0 Å². The summed E-state index contributed by atoms with van der Waals surface area (Å²) in [7, 11) is 0. The Morgan fingerprint density at radius 2 is 1.96 bits per heavy atom. The zero-order chi connectivity index (χ0) is 17.8. The van der Waals surface area contributed by atoms with Crippen LogP contribution in [0.5, 0.6) is 0 Å². The molecule has 0 aliphatic rings. The van der Waals surface area contributed by atoms with E-state index in [9.17, 15) is 14.0 Å². The number of aromatic amines is 1. The number of H-pyrrole nitrogens is 1. The Balaban J connectivity index is 1.69. The summed E-state index contributed by atoms with van der Waals surface area (Å²) in [5.74, 6) is -1.78. The number of benzene rings is 2. The van der Waals surface area contributed by atoms with Crippen molar-refractivity contribution in [2.45, 2.75) is 6.42 Å². The van der Waals surface area contributed by atoms with Crippen LogP contribution in [0.4, 0.5) is 4.39 Å². The number of carbonyl (C=O) groups excluding carboxylic acids is 2. The van der Waals surface area contributed by atoms with Crippen molar-refractivity contribution in [2.75, 3.05) is 6.54 Å². The molecule has 0 fully saturated rings. The summed E-state index contributed by atoms with van der Waals surface area (Å²) in [4.78, 5) is 24.1. The minimum atomic E-state index is -0.588. The number of hydrogen-bond donors (Lipinski definition) is 3. The third-order valence-corrected chi connectivity index (χ3v) is 4.03. The number of nitrogens with one attached hydrogen (secondary N) is 2. The van der Waals surface area contributed by atoms with Crippen molar-refractivity contribution in [1.82, 2.24) is 15.5 Å². The molecule has 0 radical (unpaired) electrons. The molecule has 3 rings (SSSR count). The van der Waals surface area contributed by atoms with Gasteiger partial charge in [0, 0.05) is 11.9 Å². The number of fused-ring (bicyclic) bond motifs is 1. The summed E-state index contributed by atoms with van der Waals surface area (Å²) >= 11 is 0. The number of nitrogens with zero attached hydrogens (tertiary/aromatic N) is 1. The summed E-state index contributed by atoms with van der Waals surface area (Å²) in [5.41, 5.74) is 7.28. The number of nitrogens with two attached hydrogens (primary N) is 1. The number of halogens is 1. The van der Waals surface area contributed by atoms with Crippen LogP contribution in [0.3, 0.4) is 0 Å². The lowest BCUT2D eigenvalue weighted by atomic mass is 9.98. The molecule has 0 spiro atoms. The van der Waals surface area contributed by atoms with Crippen molar-refractivity contribution in [1.29, 1.82) is 0 Å². The Hall–Kier alpha value is -3.22. The first-order chi connectivity index (χ1) is 12.0. The molecule has 2 aromatic carbocycles. The SMILES string of the molecule is NC(=O)[C@@H](CNC(=O)c1cccc2cn[nH]c12)Cc1ccc(F)cc1. The average molecular weight is 340 g/mol. The number of hydrogen-bond acceptors (Lipinski definition) is 3. The van der Waals surface area contributed by atoms with Crippen molar-refractivity contribution in [3.63, 3.8) is 0 Å². The first-order valence-electron chi connectivity index (χ1n) is 7.78. The lowest BCUT2D eigenvalue weighted by molar-refractivity contribution is -0.121. The third kappa shape index (κ3) is 3.82. The molecule has 3 aromatic rings. The van der Waals surface area contributed by atoms with Gasteiger partial charge in [0.05, 0.1) is 23.2 Å². The van der Waals surface area contributed by atoms with Crippen LogP contribution in [-0.4, -0.2) is 28.6 Å². The topological polar surface area (TPSA) is 101 Å². The highest BCUT2D eigenvalue weighted by Crippen LogP contribution is 2.16. The van der Waals surface area contributed by atoms with Crippen LogP contribution in [0, 0.1) is 11.7 Å². The molecule has 4 N–H and O–H groups in total. The Labute approximate surface area is 143 Å². The minimum Gasteiger partial charge on any atom is -0.369 e. The molecule has 1 atom stereocenters. The van der Waals surface area contributed by atoms with Gasteiger partial charge in [0.15, 0.2) is 0 Å². The molecule has 128 valence electrons. The van der Waals surface area contributed by atoms with Gasteiger partial charge in [-0.1, -0.05) is 24.3 Å². The molecule has 2 amide bonds. The van der Waals surface area contributed by atoms with Crippen molar-refractivity contribution in [3.8, 4) is 0 Å². The van der Waals surface area contributed by atoms with E-state index in [2.05, 4.69) is 15.5 Å². The second kappa shape index (κ2) is 7.12. The van der Waals surface area contributed by atoms with E-state index >= 15 is 0 Å². The Morgan fingerprint density at radius 1 is 1.20 bits per heavy atom. The lowest BCUT2D eigenvalue weighted by Crippen LogP contribution is -2.37. The fraction of sp³-hybridized carbons (Fsp3) is 0.167. The molecular formula is C18H17FN4O2. The van der Waals surface area contributed by atoms with E-state index in [0.29, 0.717) is 17.5 Å². The predicted molar refractivity (Wildman–Crippen MR) is 91.2 cm³/mol. The summed E-state index contributed by atoms with van der Waals surface area (Å²) in [5, 5.41) is 10.3. The second-order valence-electron chi connectivity index (χ2n) is 5.78. The normalized spacial score (nSPS) is 12.0.